The molecular weight excluding hydrogens is 325 g/mol. The molecule has 2 N–H and O–H groups in total. The topological polar surface area (TPSA) is 92.7 Å². The first kappa shape index (κ1) is 17.8. The maximum Gasteiger partial charge on any atom is 0.338 e. The Kier molecular flexibility index (Phi) is 5.32. The van der Waals surface area contributed by atoms with E-state index >= 15 is 0 Å². The number of carboxylic acid groups (broad SMARTS) is 1. The predicted octanol–water partition coefficient (Wildman–Crippen LogP) is 1.88. The van der Waals surface area contributed by atoms with Gasteiger partial charge in [-0.2, -0.15) is 0 Å². The van der Waals surface area contributed by atoms with Gasteiger partial charge in [-0.05, 0) is 26.0 Å². The van der Waals surface area contributed by atoms with E-state index in [0.29, 0.717) is 0 Å². The second kappa shape index (κ2) is 6.27. The van der Waals surface area contributed by atoms with Crippen molar-refractivity contribution in [2.24, 2.45) is 0 Å². The fourth-order valence-electron chi connectivity index (χ4n) is 1.72. The van der Waals surface area contributed by atoms with Crippen LogP contribution in [-0.4, -0.2) is 38.7 Å². The van der Waals surface area contributed by atoms with Gasteiger partial charge in [0.1, 0.15) is 4.90 Å². The standard InChI is InChI=1S/C12H15ClFNO5S/c1-12(2,6-20-3)15-21(18,19)9-5-7(13)4-8(10(9)14)11(16)17/h4-5,15H,6H2,1-3H3,(H,16,17). The maximum absolute atomic E-state index is 14.1. The molecule has 0 heterocycles. The van der Waals surface area contributed by atoms with Crippen molar-refractivity contribution in [2.75, 3.05) is 13.7 Å². The van der Waals surface area contributed by atoms with Crippen molar-refractivity contribution in [3.05, 3.63) is 28.5 Å². The van der Waals surface area contributed by atoms with Gasteiger partial charge < -0.3 is 9.84 Å². The summed E-state index contributed by atoms with van der Waals surface area (Å²) in [6.07, 6.45) is 0. The molecule has 9 heteroatoms. The molecule has 0 bridgehead atoms. The molecule has 0 saturated heterocycles. The molecule has 21 heavy (non-hydrogen) atoms. The number of sulfonamides is 1. The van der Waals surface area contributed by atoms with Gasteiger partial charge in [0.2, 0.25) is 10.0 Å². The Labute approximate surface area is 126 Å². The van der Waals surface area contributed by atoms with Gasteiger partial charge in [0.25, 0.3) is 0 Å². The summed E-state index contributed by atoms with van der Waals surface area (Å²) in [4.78, 5) is 10.1. The van der Waals surface area contributed by atoms with Crippen LogP contribution in [0.4, 0.5) is 4.39 Å². The van der Waals surface area contributed by atoms with Crippen LogP contribution >= 0.6 is 11.6 Å². The molecule has 0 atom stereocenters. The third-order valence-electron chi connectivity index (χ3n) is 2.44. The molecule has 0 spiro atoms. The highest BCUT2D eigenvalue weighted by atomic mass is 35.5. The lowest BCUT2D eigenvalue weighted by Crippen LogP contribution is -2.46. The molecule has 0 radical (unpaired) electrons. The van der Waals surface area contributed by atoms with Gasteiger partial charge >= 0.3 is 5.97 Å². The zero-order valence-corrected chi connectivity index (χ0v) is 13.2. The van der Waals surface area contributed by atoms with Crippen LogP contribution in [0.1, 0.15) is 24.2 Å². The number of ether oxygens (including phenoxy) is 1. The molecule has 1 rings (SSSR count). The smallest absolute Gasteiger partial charge is 0.338 e. The Balaban J connectivity index is 3.36. The summed E-state index contributed by atoms with van der Waals surface area (Å²) in [6.45, 7) is 3.11. The number of carboxylic acids is 1. The number of hydrogen-bond acceptors (Lipinski definition) is 4. The minimum atomic E-state index is -4.30. The first-order chi connectivity index (χ1) is 9.50. The Morgan fingerprint density at radius 2 is 2.05 bits per heavy atom. The molecule has 0 fully saturated rings. The summed E-state index contributed by atoms with van der Waals surface area (Å²) >= 11 is 5.66. The maximum atomic E-state index is 14.1. The molecule has 0 unspecified atom stereocenters. The van der Waals surface area contributed by atoms with E-state index in [-0.39, 0.29) is 11.6 Å². The molecule has 0 saturated carbocycles. The second-order valence-electron chi connectivity index (χ2n) is 4.99. The molecular formula is C12H15ClFNO5S. The minimum Gasteiger partial charge on any atom is -0.478 e. The van der Waals surface area contributed by atoms with Crippen LogP contribution in [0.2, 0.25) is 5.02 Å². The molecule has 0 amide bonds. The molecule has 0 aliphatic rings. The van der Waals surface area contributed by atoms with Crippen LogP contribution in [0.5, 0.6) is 0 Å². The first-order valence-electron chi connectivity index (χ1n) is 5.75. The average molecular weight is 340 g/mol. The molecule has 0 aliphatic carbocycles. The summed E-state index contributed by atoms with van der Waals surface area (Å²) in [5.74, 6) is -2.98. The van der Waals surface area contributed by atoms with Gasteiger partial charge in [-0.1, -0.05) is 11.6 Å². The summed E-state index contributed by atoms with van der Waals surface area (Å²) in [6, 6.07) is 1.70. The quantitative estimate of drug-likeness (QED) is 0.825. The van der Waals surface area contributed by atoms with Gasteiger partial charge in [0.05, 0.1) is 17.7 Å². The van der Waals surface area contributed by atoms with Gasteiger partial charge in [-0.15, -0.1) is 0 Å². The van der Waals surface area contributed by atoms with E-state index in [4.69, 9.17) is 21.4 Å². The largest absolute Gasteiger partial charge is 0.478 e. The Hall–Kier alpha value is -1.22. The number of nitrogens with one attached hydrogen (secondary N) is 1. The molecule has 1 aromatic carbocycles. The van der Waals surface area contributed by atoms with Crippen LogP contribution in [0.3, 0.4) is 0 Å². The Bertz CT molecular complexity index is 660. The number of rotatable bonds is 6. The first-order valence-corrected chi connectivity index (χ1v) is 7.61. The van der Waals surface area contributed by atoms with Crippen molar-refractivity contribution >= 4 is 27.6 Å². The van der Waals surface area contributed by atoms with Crippen LogP contribution in [0.25, 0.3) is 0 Å². The third kappa shape index (κ3) is 4.37. The van der Waals surface area contributed by atoms with E-state index < -0.39 is 37.8 Å². The van der Waals surface area contributed by atoms with E-state index in [1.165, 1.54) is 21.0 Å². The highest BCUT2D eigenvalue weighted by Crippen LogP contribution is 2.25. The predicted molar refractivity (Wildman–Crippen MR) is 74.6 cm³/mol. The van der Waals surface area contributed by atoms with Crippen LogP contribution in [0, 0.1) is 5.82 Å². The van der Waals surface area contributed by atoms with E-state index in [1.54, 1.807) is 0 Å². The van der Waals surface area contributed by atoms with Crippen molar-refractivity contribution in [1.82, 2.24) is 4.72 Å². The van der Waals surface area contributed by atoms with Crippen LogP contribution in [-0.2, 0) is 14.8 Å². The van der Waals surface area contributed by atoms with Crippen molar-refractivity contribution in [3.63, 3.8) is 0 Å². The lowest BCUT2D eigenvalue weighted by atomic mass is 10.1. The average Bonchev–Trinajstić information content (AvgIpc) is 2.29. The molecule has 1 aromatic rings. The van der Waals surface area contributed by atoms with Crippen molar-refractivity contribution in [1.29, 1.82) is 0 Å². The van der Waals surface area contributed by atoms with Crippen LogP contribution < -0.4 is 4.72 Å². The lowest BCUT2D eigenvalue weighted by molar-refractivity contribution is 0.0691. The van der Waals surface area contributed by atoms with Gasteiger partial charge in [-0.3, -0.25) is 0 Å². The van der Waals surface area contributed by atoms with E-state index in [1.807, 2.05) is 0 Å². The SMILES string of the molecule is COCC(C)(C)NS(=O)(=O)c1cc(Cl)cc(C(=O)O)c1F. The monoisotopic (exact) mass is 339 g/mol. The number of hydrogen-bond donors (Lipinski definition) is 2. The van der Waals surface area contributed by atoms with Gasteiger partial charge in [-0.25, -0.2) is 22.3 Å². The van der Waals surface area contributed by atoms with E-state index in [2.05, 4.69) is 4.72 Å². The fourth-order valence-corrected chi connectivity index (χ4v) is 3.53. The Morgan fingerprint density at radius 3 is 2.52 bits per heavy atom. The zero-order valence-electron chi connectivity index (χ0n) is 11.6. The van der Waals surface area contributed by atoms with E-state index in [0.717, 1.165) is 12.1 Å². The molecule has 0 aliphatic heterocycles. The summed E-state index contributed by atoms with van der Waals surface area (Å²) in [5.41, 5.74) is -1.82. The highest BCUT2D eigenvalue weighted by molar-refractivity contribution is 7.89. The van der Waals surface area contributed by atoms with Crippen molar-refractivity contribution < 1.29 is 27.4 Å². The third-order valence-corrected chi connectivity index (χ3v) is 4.36. The second-order valence-corrected chi connectivity index (χ2v) is 7.08. The summed E-state index contributed by atoms with van der Waals surface area (Å²) in [5, 5.41) is 8.67. The molecule has 0 aromatic heterocycles. The van der Waals surface area contributed by atoms with Gasteiger partial charge in [0.15, 0.2) is 5.82 Å². The van der Waals surface area contributed by atoms with Crippen LogP contribution in [0.15, 0.2) is 17.0 Å². The Morgan fingerprint density at radius 1 is 1.48 bits per heavy atom. The normalized spacial score (nSPS) is 12.4. The summed E-state index contributed by atoms with van der Waals surface area (Å²) < 4.78 is 45.6. The lowest BCUT2D eigenvalue weighted by Gasteiger charge is -2.25. The minimum absolute atomic E-state index is 0.0419. The molecule has 118 valence electrons. The molecule has 6 nitrogen and oxygen atoms in total. The zero-order chi connectivity index (χ0) is 16.4. The van der Waals surface area contributed by atoms with Gasteiger partial charge in [0, 0.05) is 12.1 Å². The fraction of sp³-hybridized carbons (Fsp3) is 0.417. The number of halogens is 2. The number of aromatic carboxylic acids is 1. The summed E-state index contributed by atoms with van der Waals surface area (Å²) in [7, 11) is -2.91. The van der Waals surface area contributed by atoms with Crippen molar-refractivity contribution in [2.45, 2.75) is 24.3 Å². The van der Waals surface area contributed by atoms with E-state index in [9.17, 15) is 17.6 Å². The highest BCUT2D eigenvalue weighted by Gasteiger charge is 2.30. The number of benzene rings is 1. The number of carbonyl (C=O) groups is 1. The van der Waals surface area contributed by atoms with Crippen molar-refractivity contribution in [3.8, 4) is 0 Å². The number of methoxy groups -OCH3 is 1.